The maximum atomic E-state index is 9.06. The molecule has 0 bridgehead atoms. The van der Waals surface area contributed by atoms with Gasteiger partial charge in [0.05, 0.1) is 0 Å². The van der Waals surface area contributed by atoms with E-state index in [1.807, 2.05) is 0 Å². The summed E-state index contributed by atoms with van der Waals surface area (Å²) in [6.07, 6.45) is 3.58. The summed E-state index contributed by atoms with van der Waals surface area (Å²) in [5.41, 5.74) is 0. The van der Waals surface area contributed by atoms with E-state index < -0.39 is 9.28 Å². The Bertz CT molecular complexity index is 138. The molecule has 0 radical (unpaired) electrons. The van der Waals surface area contributed by atoms with Crippen LogP contribution in [0.1, 0.15) is 26.2 Å². The molecule has 0 saturated carbocycles. The molecular formula is C9H21NO2Si. The molecule has 2 atom stereocenters. The van der Waals surface area contributed by atoms with Gasteiger partial charge in [-0.15, -0.1) is 0 Å². The third-order valence-corrected chi connectivity index (χ3v) is 4.07. The van der Waals surface area contributed by atoms with Crippen molar-refractivity contribution in [1.82, 2.24) is 5.32 Å². The van der Waals surface area contributed by atoms with Gasteiger partial charge in [0.25, 0.3) is 0 Å². The molecule has 0 aromatic rings. The van der Waals surface area contributed by atoms with E-state index in [1.165, 1.54) is 12.8 Å². The van der Waals surface area contributed by atoms with E-state index in [-0.39, 0.29) is 0 Å². The van der Waals surface area contributed by atoms with Crippen LogP contribution in [0, 0.1) is 11.8 Å². The van der Waals surface area contributed by atoms with E-state index in [1.54, 1.807) is 0 Å². The Morgan fingerprint density at radius 1 is 1.54 bits per heavy atom. The fourth-order valence-electron chi connectivity index (χ4n) is 2.24. The molecule has 1 aliphatic rings. The van der Waals surface area contributed by atoms with Crippen molar-refractivity contribution in [2.45, 2.75) is 32.2 Å². The molecular weight excluding hydrogens is 182 g/mol. The van der Waals surface area contributed by atoms with Crippen LogP contribution >= 0.6 is 0 Å². The number of rotatable bonds is 4. The first kappa shape index (κ1) is 11.2. The highest BCUT2D eigenvalue weighted by atomic mass is 28.3. The van der Waals surface area contributed by atoms with Gasteiger partial charge in [-0.2, -0.15) is 0 Å². The SMILES string of the molecule is CCC(C[SiH](O)O)C1CCCNC1. The van der Waals surface area contributed by atoms with Crippen molar-refractivity contribution in [2.24, 2.45) is 11.8 Å². The van der Waals surface area contributed by atoms with Gasteiger partial charge < -0.3 is 14.9 Å². The summed E-state index contributed by atoms with van der Waals surface area (Å²) in [5, 5.41) is 3.38. The Labute approximate surface area is 82.0 Å². The first-order valence-electron chi connectivity index (χ1n) is 5.31. The predicted octanol–water partition coefficient (Wildman–Crippen LogP) is 0.217. The first-order chi connectivity index (χ1) is 6.24. The van der Waals surface area contributed by atoms with Gasteiger partial charge in [-0.25, -0.2) is 0 Å². The highest BCUT2D eigenvalue weighted by molar-refractivity contribution is 6.41. The van der Waals surface area contributed by atoms with Crippen LogP contribution in [0.4, 0.5) is 0 Å². The van der Waals surface area contributed by atoms with Crippen molar-refractivity contribution in [3.8, 4) is 0 Å². The Hall–Kier alpha value is 0.0969. The quantitative estimate of drug-likeness (QED) is 0.573. The monoisotopic (exact) mass is 203 g/mol. The second-order valence-corrected chi connectivity index (χ2v) is 5.42. The van der Waals surface area contributed by atoms with Crippen LogP contribution in [0.3, 0.4) is 0 Å². The normalized spacial score (nSPS) is 26.3. The summed E-state index contributed by atoms with van der Waals surface area (Å²) >= 11 is 0. The summed E-state index contributed by atoms with van der Waals surface area (Å²) in [6, 6.07) is 0.669. The van der Waals surface area contributed by atoms with Crippen molar-refractivity contribution >= 4 is 9.28 Å². The van der Waals surface area contributed by atoms with Crippen LogP contribution in [0.25, 0.3) is 0 Å². The second kappa shape index (κ2) is 5.75. The first-order valence-corrected chi connectivity index (χ1v) is 7.15. The van der Waals surface area contributed by atoms with Gasteiger partial charge in [-0.1, -0.05) is 13.3 Å². The molecule has 4 heteroatoms. The van der Waals surface area contributed by atoms with Crippen molar-refractivity contribution < 1.29 is 9.59 Å². The molecule has 78 valence electrons. The Morgan fingerprint density at radius 2 is 2.31 bits per heavy atom. The van der Waals surface area contributed by atoms with Crippen molar-refractivity contribution in [3.63, 3.8) is 0 Å². The molecule has 0 spiro atoms. The molecule has 2 unspecified atom stereocenters. The molecule has 1 heterocycles. The van der Waals surface area contributed by atoms with Gasteiger partial charge in [0, 0.05) is 0 Å². The molecule has 3 N–H and O–H groups in total. The van der Waals surface area contributed by atoms with E-state index in [0.29, 0.717) is 17.9 Å². The zero-order valence-electron chi connectivity index (χ0n) is 8.37. The molecule has 0 aromatic carbocycles. The average molecular weight is 203 g/mol. The minimum absolute atomic E-state index is 0.527. The molecule has 1 rings (SSSR count). The largest absolute Gasteiger partial charge is 0.413 e. The van der Waals surface area contributed by atoms with Crippen LogP contribution in [-0.2, 0) is 0 Å². The Morgan fingerprint density at radius 3 is 2.77 bits per heavy atom. The van der Waals surface area contributed by atoms with Crippen LogP contribution in [0.15, 0.2) is 0 Å². The fourth-order valence-corrected chi connectivity index (χ4v) is 3.50. The second-order valence-electron chi connectivity index (χ2n) is 3.99. The lowest BCUT2D eigenvalue weighted by Gasteiger charge is -2.30. The van der Waals surface area contributed by atoms with Crippen LogP contribution < -0.4 is 5.32 Å². The topological polar surface area (TPSA) is 52.5 Å². The van der Waals surface area contributed by atoms with Gasteiger partial charge in [0.15, 0.2) is 0 Å². The number of nitrogens with one attached hydrogen (secondary N) is 1. The van der Waals surface area contributed by atoms with Crippen LogP contribution in [0.2, 0.25) is 6.04 Å². The van der Waals surface area contributed by atoms with Gasteiger partial charge in [-0.3, -0.25) is 0 Å². The molecule has 0 aliphatic carbocycles. The lowest BCUT2D eigenvalue weighted by Crippen LogP contribution is -2.35. The Balaban J connectivity index is 2.34. The van der Waals surface area contributed by atoms with Gasteiger partial charge in [0.2, 0.25) is 0 Å². The van der Waals surface area contributed by atoms with Crippen molar-refractivity contribution in [3.05, 3.63) is 0 Å². The summed E-state index contributed by atoms with van der Waals surface area (Å²) in [7, 11) is -2.34. The van der Waals surface area contributed by atoms with E-state index in [4.69, 9.17) is 9.59 Å². The Kier molecular flexibility index (Phi) is 4.94. The number of hydrogen-bond donors (Lipinski definition) is 3. The van der Waals surface area contributed by atoms with E-state index in [9.17, 15) is 0 Å². The van der Waals surface area contributed by atoms with Gasteiger partial charge >= 0.3 is 9.28 Å². The molecule has 1 fully saturated rings. The van der Waals surface area contributed by atoms with E-state index in [2.05, 4.69) is 12.2 Å². The van der Waals surface area contributed by atoms with Crippen LogP contribution in [0.5, 0.6) is 0 Å². The highest BCUT2D eigenvalue weighted by Crippen LogP contribution is 2.26. The third kappa shape index (κ3) is 3.77. The standard InChI is InChI=1S/C9H21NO2Si/c1-2-8(7-13(11)12)9-4-3-5-10-6-9/h8-13H,2-7H2,1H3. The summed E-state index contributed by atoms with van der Waals surface area (Å²) < 4.78 is 0. The van der Waals surface area contributed by atoms with Crippen LogP contribution in [-0.4, -0.2) is 32.0 Å². The molecule has 1 aliphatic heterocycles. The van der Waals surface area contributed by atoms with E-state index in [0.717, 1.165) is 19.5 Å². The number of hydrogen-bond acceptors (Lipinski definition) is 3. The summed E-state index contributed by atoms with van der Waals surface area (Å²) in [6.45, 7) is 4.35. The lowest BCUT2D eigenvalue weighted by molar-refractivity contribution is 0.259. The van der Waals surface area contributed by atoms with Crippen molar-refractivity contribution in [2.75, 3.05) is 13.1 Å². The molecule has 13 heavy (non-hydrogen) atoms. The zero-order valence-corrected chi connectivity index (χ0v) is 9.52. The van der Waals surface area contributed by atoms with Gasteiger partial charge in [0.1, 0.15) is 0 Å². The maximum Gasteiger partial charge on any atom is 0.316 e. The molecule has 0 amide bonds. The highest BCUT2D eigenvalue weighted by Gasteiger charge is 2.24. The third-order valence-electron chi connectivity index (χ3n) is 3.04. The predicted molar refractivity (Wildman–Crippen MR) is 55.8 cm³/mol. The maximum absolute atomic E-state index is 9.06. The summed E-state index contributed by atoms with van der Waals surface area (Å²) in [5.74, 6) is 1.20. The number of piperidine rings is 1. The zero-order chi connectivity index (χ0) is 9.68. The molecule has 1 saturated heterocycles. The summed E-state index contributed by atoms with van der Waals surface area (Å²) in [4.78, 5) is 18.1. The van der Waals surface area contributed by atoms with E-state index >= 15 is 0 Å². The minimum Gasteiger partial charge on any atom is -0.413 e. The molecule has 3 nitrogen and oxygen atoms in total. The lowest BCUT2D eigenvalue weighted by atomic mass is 9.86. The average Bonchev–Trinajstić information content (AvgIpc) is 2.15. The smallest absolute Gasteiger partial charge is 0.316 e. The minimum atomic E-state index is -2.34. The van der Waals surface area contributed by atoms with Crippen molar-refractivity contribution in [1.29, 1.82) is 0 Å². The molecule has 0 aromatic heterocycles. The fraction of sp³-hybridized carbons (Fsp3) is 1.00. The van der Waals surface area contributed by atoms with Gasteiger partial charge in [-0.05, 0) is 43.8 Å².